The quantitative estimate of drug-likeness (QED) is 0.887. The zero-order valence-corrected chi connectivity index (χ0v) is 13.4. The highest BCUT2D eigenvalue weighted by Crippen LogP contribution is 2.25. The average molecular weight is 305 g/mol. The molecule has 1 unspecified atom stereocenters. The summed E-state index contributed by atoms with van der Waals surface area (Å²) >= 11 is 6.06. The molecule has 4 nitrogen and oxygen atoms in total. The number of rotatable bonds is 6. The van der Waals surface area contributed by atoms with Crippen LogP contribution in [0, 0.1) is 0 Å². The van der Waals surface area contributed by atoms with Crippen LogP contribution in [0.4, 0.5) is 5.82 Å². The minimum absolute atomic E-state index is 0.178. The molecular weight excluding hydrogens is 284 g/mol. The molecule has 0 amide bonds. The number of nitrogens with zero attached hydrogens (tertiary/aromatic N) is 3. The van der Waals surface area contributed by atoms with Crippen LogP contribution in [0.15, 0.2) is 36.7 Å². The molecular formula is C16H21ClN4. The van der Waals surface area contributed by atoms with Crippen LogP contribution in [0.25, 0.3) is 0 Å². The van der Waals surface area contributed by atoms with E-state index in [9.17, 15) is 0 Å². The van der Waals surface area contributed by atoms with E-state index in [0.29, 0.717) is 0 Å². The smallest absolute Gasteiger partial charge is 0.147 e. The zero-order chi connectivity index (χ0) is 15.2. The van der Waals surface area contributed by atoms with Gasteiger partial charge in [0, 0.05) is 18.6 Å². The summed E-state index contributed by atoms with van der Waals surface area (Å²) in [5.74, 6) is 0.850. The predicted molar refractivity (Wildman–Crippen MR) is 87.7 cm³/mol. The maximum Gasteiger partial charge on any atom is 0.147 e. The average Bonchev–Trinajstić information content (AvgIpc) is 2.52. The monoisotopic (exact) mass is 304 g/mol. The van der Waals surface area contributed by atoms with Crippen LogP contribution in [0.3, 0.4) is 0 Å². The topological polar surface area (TPSA) is 41.1 Å². The minimum atomic E-state index is 0.178. The number of hydrogen-bond acceptors (Lipinski definition) is 4. The van der Waals surface area contributed by atoms with Gasteiger partial charge in [0.05, 0.1) is 24.1 Å². The lowest BCUT2D eigenvalue weighted by Crippen LogP contribution is -2.23. The highest BCUT2D eigenvalue weighted by Gasteiger charge is 2.14. The van der Waals surface area contributed by atoms with Crippen molar-refractivity contribution in [3.05, 3.63) is 52.9 Å². The predicted octanol–water partition coefficient (Wildman–Crippen LogP) is 3.44. The molecule has 0 saturated heterocycles. The van der Waals surface area contributed by atoms with Gasteiger partial charge in [0.25, 0.3) is 0 Å². The van der Waals surface area contributed by atoms with Crippen molar-refractivity contribution in [2.45, 2.75) is 26.4 Å². The Kier molecular flexibility index (Phi) is 5.53. The Labute approximate surface area is 131 Å². The molecule has 2 aromatic rings. The fraction of sp³-hybridized carbons (Fsp3) is 0.375. The highest BCUT2D eigenvalue weighted by atomic mass is 35.5. The summed E-state index contributed by atoms with van der Waals surface area (Å²) in [4.78, 5) is 11.0. The molecule has 112 valence electrons. The van der Waals surface area contributed by atoms with Gasteiger partial charge in [-0.2, -0.15) is 0 Å². The van der Waals surface area contributed by atoms with Crippen LogP contribution in [-0.2, 0) is 6.54 Å². The molecule has 1 N–H and O–H groups in total. The molecule has 0 spiro atoms. The number of halogens is 1. The van der Waals surface area contributed by atoms with Gasteiger partial charge in [-0.1, -0.05) is 30.7 Å². The standard InChI is InChI=1S/C16H21ClN4/c1-4-18-9-15-10-20-16(11-19-15)21(3)12(2)13-6-5-7-14(17)8-13/h5-8,10-12,18H,4,9H2,1-3H3. The largest absolute Gasteiger partial charge is 0.352 e. The first-order valence-electron chi connectivity index (χ1n) is 7.11. The second-order valence-corrected chi connectivity index (χ2v) is 5.42. The van der Waals surface area contributed by atoms with Gasteiger partial charge in [-0.15, -0.1) is 0 Å². The minimum Gasteiger partial charge on any atom is -0.352 e. The molecule has 0 aliphatic carbocycles. The number of aromatic nitrogens is 2. The van der Waals surface area contributed by atoms with Crippen molar-refractivity contribution < 1.29 is 0 Å². The van der Waals surface area contributed by atoms with Crippen molar-refractivity contribution in [2.24, 2.45) is 0 Å². The van der Waals surface area contributed by atoms with E-state index in [4.69, 9.17) is 11.6 Å². The molecule has 1 aromatic carbocycles. The lowest BCUT2D eigenvalue weighted by atomic mass is 10.1. The first kappa shape index (κ1) is 15.7. The van der Waals surface area contributed by atoms with E-state index in [1.165, 1.54) is 0 Å². The maximum absolute atomic E-state index is 6.06. The lowest BCUT2D eigenvalue weighted by Gasteiger charge is -2.26. The lowest BCUT2D eigenvalue weighted by molar-refractivity contribution is 0.698. The third kappa shape index (κ3) is 4.16. The summed E-state index contributed by atoms with van der Waals surface area (Å²) in [6, 6.07) is 8.08. The van der Waals surface area contributed by atoms with Crippen LogP contribution in [0.2, 0.25) is 5.02 Å². The number of hydrogen-bond donors (Lipinski definition) is 1. The first-order chi connectivity index (χ1) is 10.1. The SMILES string of the molecule is CCNCc1cnc(N(C)C(C)c2cccc(Cl)c2)cn1. The molecule has 5 heteroatoms. The third-order valence-corrected chi connectivity index (χ3v) is 3.76. The molecule has 1 heterocycles. The Morgan fingerprint density at radius 1 is 1.29 bits per heavy atom. The summed E-state index contributed by atoms with van der Waals surface area (Å²) in [7, 11) is 2.01. The molecule has 2 rings (SSSR count). The van der Waals surface area contributed by atoms with Gasteiger partial charge < -0.3 is 10.2 Å². The van der Waals surface area contributed by atoms with E-state index in [1.54, 1.807) is 0 Å². The van der Waals surface area contributed by atoms with Gasteiger partial charge in [0.15, 0.2) is 0 Å². The van der Waals surface area contributed by atoms with Gasteiger partial charge >= 0.3 is 0 Å². The van der Waals surface area contributed by atoms with Gasteiger partial charge in [-0.05, 0) is 31.2 Å². The Morgan fingerprint density at radius 3 is 2.71 bits per heavy atom. The van der Waals surface area contributed by atoms with Gasteiger partial charge in [-0.3, -0.25) is 4.98 Å². The molecule has 21 heavy (non-hydrogen) atoms. The molecule has 0 aliphatic rings. The number of anilines is 1. The Morgan fingerprint density at radius 2 is 2.10 bits per heavy atom. The van der Waals surface area contributed by atoms with E-state index in [2.05, 4.69) is 40.1 Å². The second kappa shape index (κ2) is 7.38. The van der Waals surface area contributed by atoms with Gasteiger partial charge in [0.2, 0.25) is 0 Å². The fourth-order valence-electron chi connectivity index (χ4n) is 2.06. The van der Waals surface area contributed by atoms with Crippen molar-refractivity contribution in [1.29, 1.82) is 0 Å². The van der Waals surface area contributed by atoms with E-state index in [-0.39, 0.29) is 6.04 Å². The van der Waals surface area contributed by atoms with Crippen LogP contribution in [0.5, 0.6) is 0 Å². The molecule has 0 fully saturated rings. The first-order valence-corrected chi connectivity index (χ1v) is 7.49. The van der Waals surface area contributed by atoms with Crippen molar-refractivity contribution >= 4 is 17.4 Å². The molecule has 0 bridgehead atoms. The van der Waals surface area contributed by atoms with Gasteiger partial charge in [-0.25, -0.2) is 4.98 Å². The molecule has 0 saturated carbocycles. The molecule has 1 aromatic heterocycles. The van der Waals surface area contributed by atoms with Crippen molar-refractivity contribution in [3.8, 4) is 0 Å². The van der Waals surface area contributed by atoms with Crippen molar-refractivity contribution in [2.75, 3.05) is 18.5 Å². The van der Waals surface area contributed by atoms with Crippen LogP contribution in [0.1, 0.15) is 31.1 Å². The number of benzene rings is 1. The van der Waals surface area contributed by atoms with E-state index in [1.807, 2.05) is 37.6 Å². The third-order valence-electron chi connectivity index (χ3n) is 3.52. The number of nitrogens with one attached hydrogen (secondary N) is 1. The zero-order valence-electron chi connectivity index (χ0n) is 12.7. The summed E-state index contributed by atoms with van der Waals surface area (Å²) in [5, 5.41) is 3.99. The normalized spacial score (nSPS) is 12.2. The molecule has 1 atom stereocenters. The maximum atomic E-state index is 6.06. The van der Waals surface area contributed by atoms with Crippen LogP contribution >= 0.6 is 11.6 Å². The molecule has 0 aliphatic heterocycles. The summed E-state index contributed by atoms with van der Waals surface area (Å²) < 4.78 is 0. The summed E-state index contributed by atoms with van der Waals surface area (Å²) in [5.41, 5.74) is 2.10. The van der Waals surface area contributed by atoms with Gasteiger partial charge in [0.1, 0.15) is 5.82 Å². The van der Waals surface area contributed by atoms with E-state index < -0.39 is 0 Å². The van der Waals surface area contributed by atoms with E-state index in [0.717, 1.165) is 35.2 Å². The molecule has 0 radical (unpaired) electrons. The summed E-state index contributed by atoms with van der Waals surface area (Å²) in [6.45, 7) is 5.87. The Balaban J connectivity index is 2.10. The summed E-state index contributed by atoms with van der Waals surface area (Å²) in [6.07, 6.45) is 3.63. The van der Waals surface area contributed by atoms with Crippen molar-refractivity contribution in [1.82, 2.24) is 15.3 Å². The Bertz CT molecular complexity index is 571. The second-order valence-electron chi connectivity index (χ2n) is 4.99. The highest BCUT2D eigenvalue weighted by molar-refractivity contribution is 6.30. The fourth-order valence-corrected chi connectivity index (χ4v) is 2.26. The Hall–Kier alpha value is -1.65. The van der Waals surface area contributed by atoms with Crippen LogP contribution in [-0.4, -0.2) is 23.6 Å². The van der Waals surface area contributed by atoms with Crippen molar-refractivity contribution in [3.63, 3.8) is 0 Å². The van der Waals surface area contributed by atoms with E-state index >= 15 is 0 Å². The van der Waals surface area contributed by atoms with Crippen LogP contribution < -0.4 is 10.2 Å².